The Kier molecular flexibility index (Phi) is 4.14. The average Bonchev–Trinajstić information content (AvgIpc) is 2.96. The number of esters is 1. The second kappa shape index (κ2) is 6.27. The topological polar surface area (TPSA) is 147 Å². The molecule has 0 saturated carbocycles. The molecule has 1 aromatic heterocycles. The van der Waals surface area contributed by atoms with Crippen LogP contribution in [0.2, 0.25) is 0 Å². The number of fused-ring (bicyclic) bond motifs is 1. The molecule has 0 saturated heterocycles. The molecule has 1 aromatic carbocycles. The lowest BCUT2D eigenvalue weighted by atomic mass is 10.0. The van der Waals surface area contributed by atoms with Gasteiger partial charge < -0.3 is 20.8 Å². The SMILES string of the molecule is COC(=O)[C@@H]1C[C@H](NC(=O)c2[nH]c(=O)[nH]c(=O)c2N)c2ccccc21. The van der Waals surface area contributed by atoms with Crippen molar-refractivity contribution in [3.63, 3.8) is 0 Å². The molecule has 1 aliphatic rings. The van der Waals surface area contributed by atoms with Crippen LogP contribution in [0.1, 0.15) is 40.0 Å². The maximum Gasteiger partial charge on any atom is 0.326 e. The van der Waals surface area contributed by atoms with Crippen LogP contribution in [0.25, 0.3) is 0 Å². The lowest BCUT2D eigenvalue weighted by molar-refractivity contribution is -0.142. The number of nitrogens with one attached hydrogen (secondary N) is 3. The molecule has 25 heavy (non-hydrogen) atoms. The minimum atomic E-state index is -0.840. The molecule has 1 amide bonds. The molecule has 9 nitrogen and oxygen atoms in total. The van der Waals surface area contributed by atoms with Crippen molar-refractivity contribution in [2.45, 2.75) is 18.4 Å². The number of amides is 1. The van der Waals surface area contributed by atoms with Gasteiger partial charge in [-0.3, -0.25) is 19.4 Å². The van der Waals surface area contributed by atoms with Crippen molar-refractivity contribution >= 4 is 17.6 Å². The Morgan fingerprint density at radius 2 is 1.88 bits per heavy atom. The van der Waals surface area contributed by atoms with E-state index in [0.29, 0.717) is 6.42 Å². The van der Waals surface area contributed by atoms with E-state index < -0.39 is 35.1 Å². The van der Waals surface area contributed by atoms with Crippen molar-refractivity contribution in [2.75, 3.05) is 12.8 Å². The molecule has 1 aliphatic carbocycles. The number of carbonyl (C=O) groups is 2. The maximum absolute atomic E-state index is 12.5. The van der Waals surface area contributed by atoms with Gasteiger partial charge in [-0.25, -0.2) is 4.79 Å². The van der Waals surface area contributed by atoms with Crippen LogP contribution in [0.5, 0.6) is 0 Å². The van der Waals surface area contributed by atoms with Crippen LogP contribution in [0.3, 0.4) is 0 Å². The zero-order valence-corrected chi connectivity index (χ0v) is 13.3. The van der Waals surface area contributed by atoms with Crippen LogP contribution in [0.4, 0.5) is 5.69 Å². The summed E-state index contributed by atoms with van der Waals surface area (Å²) < 4.78 is 4.81. The number of anilines is 1. The molecule has 0 aliphatic heterocycles. The Balaban J connectivity index is 1.92. The van der Waals surface area contributed by atoms with Crippen LogP contribution in [-0.2, 0) is 9.53 Å². The molecule has 130 valence electrons. The monoisotopic (exact) mass is 344 g/mol. The molecular weight excluding hydrogens is 328 g/mol. The lowest BCUT2D eigenvalue weighted by Crippen LogP contribution is -2.35. The van der Waals surface area contributed by atoms with E-state index in [4.69, 9.17) is 10.5 Å². The molecule has 5 N–H and O–H groups in total. The molecule has 2 aromatic rings. The molecule has 1 heterocycles. The fraction of sp³-hybridized carbons (Fsp3) is 0.250. The normalized spacial score (nSPS) is 18.4. The number of hydrogen-bond acceptors (Lipinski definition) is 6. The lowest BCUT2D eigenvalue weighted by Gasteiger charge is -2.14. The highest BCUT2D eigenvalue weighted by Crippen LogP contribution is 2.40. The third-order valence-electron chi connectivity index (χ3n) is 4.22. The van der Waals surface area contributed by atoms with E-state index in [1.807, 2.05) is 4.98 Å². The van der Waals surface area contributed by atoms with Gasteiger partial charge in [0.2, 0.25) is 0 Å². The number of methoxy groups -OCH3 is 1. The van der Waals surface area contributed by atoms with Gasteiger partial charge in [-0.05, 0) is 17.5 Å². The second-order valence-corrected chi connectivity index (χ2v) is 5.66. The Morgan fingerprint density at radius 1 is 1.20 bits per heavy atom. The number of benzene rings is 1. The van der Waals surface area contributed by atoms with Crippen LogP contribution < -0.4 is 22.3 Å². The zero-order valence-electron chi connectivity index (χ0n) is 13.3. The third-order valence-corrected chi connectivity index (χ3v) is 4.22. The van der Waals surface area contributed by atoms with Gasteiger partial charge >= 0.3 is 11.7 Å². The summed E-state index contributed by atoms with van der Waals surface area (Å²) in [4.78, 5) is 51.5. The van der Waals surface area contributed by atoms with Crippen LogP contribution in [0.15, 0.2) is 33.9 Å². The number of aromatic amines is 2. The molecule has 9 heteroatoms. The van der Waals surface area contributed by atoms with Gasteiger partial charge in [0.05, 0.1) is 19.1 Å². The number of H-pyrrole nitrogens is 2. The molecule has 0 bridgehead atoms. The van der Waals surface area contributed by atoms with E-state index in [1.54, 1.807) is 24.3 Å². The summed E-state index contributed by atoms with van der Waals surface area (Å²) in [5.74, 6) is -1.60. The minimum Gasteiger partial charge on any atom is -0.469 e. The molecule has 3 rings (SSSR count). The predicted molar refractivity (Wildman–Crippen MR) is 88.1 cm³/mol. The van der Waals surface area contributed by atoms with E-state index >= 15 is 0 Å². The third kappa shape index (κ3) is 2.91. The molecule has 2 atom stereocenters. The number of hydrogen-bond donors (Lipinski definition) is 4. The van der Waals surface area contributed by atoms with E-state index in [-0.39, 0.29) is 11.4 Å². The van der Waals surface area contributed by atoms with Gasteiger partial charge in [-0.15, -0.1) is 0 Å². The number of nitrogens with two attached hydrogens (primary N) is 1. The first-order chi connectivity index (χ1) is 11.9. The Labute approximate surface area is 141 Å². The van der Waals surface area contributed by atoms with Crippen molar-refractivity contribution in [1.82, 2.24) is 15.3 Å². The van der Waals surface area contributed by atoms with Crippen molar-refractivity contribution in [3.8, 4) is 0 Å². The van der Waals surface area contributed by atoms with Crippen LogP contribution in [0, 0.1) is 0 Å². The summed E-state index contributed by atoms with van der Waals surface area (Å²) in [6.07, 6.45) is 0.311. The predicted octanol–water partition coefficient (Wildman–Crippen LogP) is -0.223. The molecular formula is C16H16N4O5. The first-order valence-corrected chi connectivity index (χ1v) is 7.52. The van der Waals surface area contributed by atoms with Gasteiger partial charge in [0.1, 0.15) is 11.4 Å². The summed E-state index contributed by atoms with van der Waals surface area (Å²) in [5.41, 5.74) is 4.75. The largest absolute Gasteiger partial charge is 0.469 e. The summed E-state index contributed by atoms with van der Waals surface area (Å²) in [6, 6.07) is 6.71. The zero-order chi connectivity index (χ0) is 18.1. The smallest absolute Gasteiger partial charge is 0.326 e. The minimum absolute atomic E-state index is 0.311. The summed E-state index contributed by atoms with van der Waals surface area (Å²) >= 11 is 0. The summed E-state index contributed by atoms with van der Waals surface area (Å²) in [6.45, 7) is 0. The summed E-state index contributed by atoms with van der Waals surface area (Å²) in [7, 11) is 1.30. The van der Waals surface area contributed by atoms with Crippen LogP contribution in [-0.4, -0.2) is 29.0 Å². The highest BCUT2D eigenvalue weighted by molar-refractivity contribution is 5.97. The van der Waals surface area contributed by atoms with Gasteiger partial charge in [0.25, 0.3) is 11.5 Å². The number of aromatic nitrogens is 2. The van der Waals surface area contributed by atoms with Gasteiger partial charge in [-0.1, -0.05) is 24.3 Å². The maximum atomic E-state index is 12.5. The van der Waals surface area contributed by atoms with Crippen molar-refractivity contribution < 1.29 is 14.3 Å². The Hall–Kier alpha value is -3.36. The number of carbonyl (C=O) groups excluding carboxylic acids is 2. The quantitative estimate of drug-likeness (QED) is 0.566. The molecule has 0 unspecified atom stereocenters. The standard InChI is InChI=1S/C16H16N4O5/c1-25-15(23)9-6-10(8-5-3-2-4-7(8)9)18-14(22)12-11(17)13(21)20-16(24)19-12/h2-5,9-10H,6,17H2,1H3,(H,18,22)(H2,19,20,21,24)/t9-,10+/m1/s1. The van der Waals surface area contributed by atoms with Gasteiger partial charge in [-0.2, -0.15) is 0 Å². The van der Waals surface area contributed by atoms with E-state index in [9.17, 15) is 19.2 Å². The van der Waals surface area contributed by atoms with E-state index in [0.717, 1.165) is 11.1 Å². The van der Waals surface area contributed by atoms with E-state index in [1.165, 1.54) is 7.11 Å². The average molecular weight is 344 g/mol. The molecule has 0 spiro atoms. The van der Waals surface area contributed by atoms with Gasteiger partial charge in [0, 0.05) is 0 Å². The Morgan fingerprint density at radius 3 is 2.56 bits per heavy atom. The fourth-order valence-electron chi connectivity index (χ4n) is 3.04. The van der Waals surface area contributed by atoms with Gasteiger partial charge in [0.15, 0.2) is 0 Å². The first-order valence-electron chi connectivity index (χ1n) is 7.52. The molecule has 0 radical (unpaired) electrons. The van der Waals surface area contributed by atoms with Crippen molar-refractivity contribution in [2.24, 2.45) is 0 Å². The fourth-order valence-corrected chi connectivity index (χ4v) is 3.04. The van der Waals surface area contributed by atoms with E-state index in [2.05, 4.69) is 10.3 Å². The highest BCUT2D eigenvalue weighted by Gasteiger charge is 2.37. The summed E-state index contributed by atoms with van der Waals surface area (Å²) in [5, 5.41) is 2.71. The van der Waals surface area contributed by atoms with Crippen LogP contribution >= 0.6 is 0 Å². The molecule has 0 fully saturated rings. The number of nitrogen functional groups attached to an aromatic ring is 1. The van der Waals surface area contributed by atoms with Crippen molar-refractivity contribution in [3.05, 3.63) is 61.9 Å². The Bertz CT molecular complexity index is 961. The first kappa shape index (κ1) is 16.5. The highest BCUT2D eigenvalue weighted by atomic mass is 16.5. The second-order valence-electron chi connectivity index (χ2n) is 5.66. The van der Waals surface area contributed by atoms with Crippen molar-refractivity contribution in [1.29, 1.82) is 0 Å². The number of rotatable bonds is 3. The number of ether oxygens (including phenoxy) is 1.